The first-order chi connectivity index (χ1) is 43.3. The summed E-state index contributed by atoms with van der Waals surface area (Å²) in [5, 5.41) is 120. The second-order valence-corrected chi connectivity index (χ2v) is 25.3. The number of allylic oxidation sites excluding steroid dienone is 7. The minimum absolute atomic E-state index is 0.219. The molecule has 0 bridgehead atoms. The lowest BCUT2D eigenvalue weighted by atomic mass is 9.96. The Hall–Kier alpha value is -2.25. The van der Waals surface area contributed by atoms with Gasteiger partial charge in [0, 0.05) is 6.42 Å². The van der Waals surface area contributed by atoms with Gasteiger partial charge in [0.05, 0.1) is 38.6 Å². The van der Waals surface area contributed by atoms with E-state index in [0.29, 0.717) is 12.8 Å². The summed E-state index contributed by atoms with van der Waals surface area (Å²) < 4.78 is 34.3. The van der Waals surface area contributed by atoms with Crippen molar-refractivity contribution in [1.82, 2.24) is 5.32 Å². The van der Waals surface area contributed by atoms with Gasteiger partial charge < -0.3 is 89.9 Å². The first-order valence-electron chi connectivity index (χ1n) is 35.4. The molecule has 520 valence electrons. The number of rotatable bonds is 54. The van der Waals surface area contributed by atoms with Crippen molar-refractivity contribution in [3.63, 3.8) is 0 Å². The molecule has 1 amide bonds. The predicted molar refractivity (Wildman–Crippen MR) is 346 cm³/mol. The first-order valence-corrected chi connectivity index (χ1v) is 35.4. The molecule has 12 N–H and O–H groups in total. The van der Waals surface area contributed by atoms with Crippen LogP contribution in [0.2, 0.25) is 0 Å². The maximum atomic E-state index is 13.4. The zero-order valence-corrected chi connectivity index (χ0v) is 54.9. The Morgan fingerprint density at radius 1 is 0.404 bits per heavy atom. The number of hydrogen-bond acceptors (Lipinski definition) is 18. The zero-order chi connectivity index (χ0) is 64.7. The third kappa shape index (κ3) is 34.1. The number of ether oxygens (including phenoxy) is 6. The third-order valence-electron chi connectivity index (χ3n) is 17.6. The van der Waals surface area contributed by atoms with Gasteiger partial charge in [-0.25, -0.2) is 0 Å². The second kappa shape index (κ2) is 52.1. The van der Waals surface area contributed by atoms with Crippen LogP contribution in [0.15, 0.2) is 48.6 Å². The van der Waals surface area contributed by atoms with Crippen LogP contribution in [-0.4, -0.2) is 193 Å². The number of carbonyl (C=O) groups excluding carboxylic acids is 1. The van der Waals surface area contributed by atoms with E-state index in [1.807, 2.05) is 6.08 Å². The fourth-order valence-electron chi connectivity index (χ4n) is 11.8. The van der Waals surface area contributed by atoms with E-state index in [0.717, 1.165) is 64.2 Å². The smallest absolute Gasteiger partial charge is 0.220 e. The van der Waals surface area contributed by atoms with E-state index >= 15 is 0 Å². The summed E-state index contributed by atoms with van der Waals surface area (Å²) in [6.07, 6.45) is 35.3. The Labute approximate surface area is 535 Å². The van der Waals surface area contributed by atoms with Crippen molar-refractivity contribution in [2.75, 3.05) is 26.4 Å². The lowest BCUT2D eigenvalue weighted by Crippen LogP contribution is -2.66. The molecule has 0 aromatic carbocycles. The van der Waals surface area contributed by atoms with Crippen molar-refractivity contribution >= 4 is 5.91 Å². The van der Waals surface area contributed by atoms with Crippen molar-refractivity contribution in [1.29, 1.82) is 0 Å². The molecule has 0 aromatic heterocycles. The van der Waals surface area contributed by atoms with Crippen LogP contribution < -0.4 is 5.32 Å². The van der Waals surface area contributed by atoms with Crippen LogP contribution in [0.1, 0.15) is 258 Å². The quantitative estimate of drug-likeness (QED) is 0.0199. The molecule has 3 rings (SSSR count). The highest BCUT2D eigenvalue weighted by Gasteiger charge is 2.53. The van der Waals surface area contributed by atoms with Crippen LogP contribution in [-0.2, 0) is 33.2 Å². The molecule has 0 aliphatic carbocycles. The van der Waals surface area contributed by atoms with Gasteiger partial charge in [-0.15, -0.1) is 0 Å². The van der Waals surface area contributed by atoms with E-state index in [1.165, 1.54) is 161 Å². The number of unbranched alkanes of at least 4 members (excludes halogenated alkanes) is 32. The molecule has 3 aliphatic heterocycles. The van der Waals surface area contributed by atoms with Crippen molar-refractivity contribution in [2.45, 2.75) is 362 Å². The van der Waals surface area contributed by atoms with Gasteiger partial charge in [-0.05, 0) is 64.2 Å². The standard InChI is InChI=1S/C70H127NO18/c1-3-5-7-9-11-13-15-17-19-21-22-23-24-25-26-27-28-29-30-31-32-33-35-37-39-41-43-45-47-54(75)53(71-58(76)48-46-44-42-40-38-36-34-20-18-16-14-12-10-8-6-4-2)52-84-68-64(82)61(79)66(56(50-73)86-68)89-70-65(83)62(80)67(57(51-74)87-70)88-69-63(81)60(78)59(77)55(49-72)85-69/h14,16,20,34,37,39,45,47,53-57,59-70,72-75,77-83H,3-13,15,17-19,21-33,35-36,38,40-44,46,48-52H2,1-2H3,(H,71,76)/b16-14-,34-20-,39-37+,47-45+. The van der Waals surface area contributed by atoms with Crippen molar-refractivity contribution in [3.8, 4) is 0 Å². The van der Waals surface area contributed by atoms with Gasteiger partial charge in [-0.1, -0.05) is 236 Å². The fraction of sp³-hybridized carbons (Fsp3) is 0.871. The minimum atomic E-state index is -1.98. The Balaban J connectivity index is 1.43. The predicted octanol–water partition coefficient (Wildman–Crippen LogP) is 9.39. The highest BCUT2D eigenvalue weighted by Crippen LogP contribution is 2.33. The summed E-state index contributed by atoms with van der Waals surface area (Å²) in [5.74, 6) is -0.298. The molecule has 0 spiro atoms. The molecule has 19 nitrogen and oxygen atoms in total. The normalized spacial score (nSPS) is 28.5. The lowest BCUT2D eigenvalue weighted by molar-refractivity contribution is -0.379. The molecule has 0 aromatic rings. The molecule has 17 atom stereocenters. The van der Waals surface area contributed by atoms with E-state index in [4.69, 9.17) is 28.4 Å². The largest absolute Gasteiger partial charge is 0.394 e. The van der Waals surface area contributed by atoms with Crippen molar-refractivity contribution in [2.24, 2.45) is 0 Å². The summed E-state index contributed by atoms with van der Waals surface area (Å²) in [6.45, 7) is 1.70. The van der Waals surface area contributed by atoms with Crippen LogP contribution in [0.5, 0.6) is 0 Å². The van der Waals surface area contributed by atoms with Crippen molar-refractivity contribution in [3.05, 3.63) is 48.6 Å². The molecule has 3 heterocycles. The topological polar surface area (TPSA) is 307 Å². The third-order valence-corrected chi connectivity index (χ3v) is 17.6. The Bertz CT molecular complexity index is 1800. The second-order valence-electron chi connectivity index (χ2n) is 25.3. The molecule has 3 saturated heterocycles. The highest BCUT2D eigenvalue weighted by atomic mass is 16.8. The molecule has 3 fully saturated rings. The van der Waals surface area contributed by atoms with E-state index in [2.05, 4.69) is 55.6 Å². The highest BCUT2D eigenvalue weighted by molar-refractivity contribution is 5.76. The SMILES string of the molecule is CCCCCC/C=C\C/C=C\CCCCCCCC(=O)NC(COC1OC(CO)C(OC2OC(CO)C(OC3OC(CO)C(O)C(O)C3O)C(O)C2O)C(O)C1O)C(O)/C=C/CC/C=C/CCCCCCCCCCCCCCCCCCCCCCCC. The Kier molecular flexibility index (Phi) is 47.4. The lowest BCUT2D eigenvalue weighted by Gasteiger charge is -2.48. The Morgan fingerprint density at radius 3 is 1.20 bits per heavy atom. The summed E-state index contributed by atoms with van der Waals surface area (Å²) in [5.41, 5.74) is 0. The first kappa shape index (κ1) is 81.0. The summed E-state index contributed by atoms with van der Waals surface area (Å²) in [6, 6.07) is -0.999. The van der Waals surface area contributed by atoms with Gasteiger partial charge in [-0.3, -0.25) is 4.79 Å². The van der Waals surface area contributed by atoms with E-state index < -0.39 is 124 Å². The van der Waals surface area contributed by atoms with Gasteiger partial charge in [0.2, 0.25) is 5.91 Å². The average Bonchev–Trinajstić information content (AvgIpc) is 2.43. The summed E-state index contributed by atoms with van der Waals surface area (Å²) in [4.78, 5) is 13.4. The van der Waals surface area contributed by atoms with Gasteiger partial charge >= 0.3 is 0 Å². The monoisotopic (exact) mass is 1270 g/mol. The summed E-state index contributed by atoms with van der Waals surface area (Å²) in [7, 11) is 0. The molecular weight excluding hydrogens is 1140 g/mol. The number of aliphatic hydroxyl groups excluding tert-OH is 11. The average molecular weight is 1270 g/mol. The number of aliphatic hydroxyl groups is 11. The van der Waals surface area contributed by atoms with Gasteiger partial charge in [0.15, 0.2) is 18.9 Å². The summed E-state index contributed by atoms with van der Waals surface area (Å²) >= 11 is 0. The van der Waals surface area contributed by atoms with Gasteiger partial charge in [0.25, 0.3) is 0 Å². The number of carbonyl (C=O) groups is 1. The zero-order valence-electron chi connectivity index (χ0n) is 54.9. The number of nitrogens with one attached hydrogen (secondary N) is 1. The van der Waals surface area contributed by atoms with E-state index in [-0.39, 0.29) is 18.9 Å². The fourth-order valence-corrected chi connectivity index (χ4v) is 11.8. The van der Waals surface area contributed by atoms with Crippen LogP contribution >= 0.6 is 0 Å². The number of amides is 1. The van der Waals surface area contributed by atoms with Crippen LogP contribution in [0.25, 0.3) is 0 Å². The Morgan fingerprint density at radius 2 is 0.753 bits per heavy atom. The molecule has 0 saturated carbocycles. The van der Waals surface area contributed by atoms with Crippen molar-refractivity contribution < 1.29 is 89.4 Å². The van der Waals surface area contributed by atoms with Crippen LogP contribution in [0.3, 0.4) is 0 Å². The molecule has 0 radical (unpaired) electrons. The van der Waals surface area contributed by atoms with Gasteiger partial charge in [0.1, 0.15) is 73.2 Å². The van der Waals surface area contributed by atoms with Crippen LogP contribution in [0.4, 0.5) is 0 Å². The molecule has 89 heavy (non-hydrogen) atoms. The molecule has 19 heteroatoms. The van der Waals surface area contributed by atoms with Gasteiger partial charge in [-0.2, -0.15) is 0 Å². The maximum Gasteiger partial charge on any atom is 0.220 e. The number of hydrogen-bond donors (Lipinski definition) is 12. The molecular formula is C70H127NO18. The molecule has 17 unspecified atom stereocenters. The molecule has 3 aliphatic rings. The van der Waals surface area contributed by atoms with E-state index in [1.54, 1.807) is 6.08 Å². The van der Waals surface area contributed by atoms with Crippen LogP contribution in [0, 0.1) is 0 Å². The van der Waals surface area contributed by atoms with E-state index in [9.17, 15) is 61.0 Å². The minimum Gasteiger partial charge on any atom is -0.394 e. The maximum absolute atomic E-state index is 13.4.